The number of carbonyl (C=O) groups is 1. The van der Waals surface area contributed by atoms with E-state index in [1.165, 1.54) is 6.42 Å². The first kappa shape index (κ1) is 20.5. The van der Waals surface area contributed by atoms with Gasteiger partial charge in [0.05, 0.1) is 6.61 Å². The Morgan fingerprint density at radius 2 is 1.70 bits per heavy atom. The summed E-state index contributed by atoms with van der Waals surface area (Å²) in [5.41, 5.74) is 1.51. The standard InChI is InChI=1S/C22H22F3NO4/c23-22(24,25)14-28-13-15-4-6-16(7-5-15)20(27)26-17-8-9-18-19(12-17)30-21(29-18)10-2-1-3-11-21/h4-9,12H,1-3,10-11,13-14H2,(H,26,27). The molecule has 0 aromatic heterocycles. The fourth-order valence-electron chi connectivity index (χ4n) is 3.71. The van der Waals surface area contributed by atoms with Crippen LogP contribution in [0.3, 0.4) is 0 Å². The van der Waals surface area contributed by atoms with E-state index in [1.807, 2.05) is 0 Å². The van der Waals surface area contributed by atoms with Gasteiger partial charge in [0.15, 0.2) is 11.5 Å². The highest BCUT2D eigenvalue weighted by atomic mass is 19.4. The lowest BCUT2D eigenvalue weighted by Crippen LogP contribution is -2.40. The molecule has 1 amide bonds. The molecule has 1 heterocycles. The molecule has 1 N–H and O–H groups in total. The molecule has 1 aliphatic heterocycles. The summed E-state index contributed by atoms with van der Waals surface area (Å²) in [5, 5.41) is 2.81. The zero-order valence-electron chi connectivity index (χ0n) is 16.3. The van der Waals surface area contributed by atoms with E-state index in [4.69, 9.17) is 9.47 Å². The minimum atomic E-state index is -4.36. The number of hydrogen-bond acceptors (Lipinski definition) is 4. The Hall–Kier alpha value is -2.74. The Morgan fingerprint density at radius 1 is 1.00 bits per heavy atom. The molecule has 0 radical (unpaired) electrons. The van der Waals surface area contributed by atoms with Crippen molar-refractivity contribution in [2.75, 3.05) is 11.9 Å². The molecule has 2 aromatic carbocycles. The number of ether oxygens (including phenoxy) is 3. The van der Waals surface area contributed by atoms with E-state index in [1.54, 1.807) is 42.5 Å². The van der Waals surface area contributed by atoms with Crippen molar-refractivity contribution in [3.05, 3.63) is 53.6 Å². The zero-order valence-corrected chi connectivity index (χ0v) is 16.3. The van der Waals surface area contributed by atoms with Crippen LogP contribution in [0.5, 0.6) is 11.5 Å². The van der Waals surface area contributed by atoms with Gasteiger partial charge >= 0.3 is 6.18 Å². The highest BCUT2D eigenvalue weighted by Gasteiger charge is 2.42. The van der Waals surface area contributed by atoms with Crippen molar-refractivity contribution >= 4 is 11.6 Å². The molecule has 1 fully saturated rings. The lowest BCUT2D eigenvalue weighted by molar-refractivity contribution is -0.176. The van der Waals surface area contributed by atoms with Gasteiger partial charge in [-0.25, -0.2) is 0 Å². The number of carbonyl (C=O) groups excluding carboxylic acids is 1. The van der Waals surface area contributed by atoms with Crippen LogP contribution in [0, 0.1) is 0 Å². The second-order valence-corrected chi connectivity index (χ2v) is 7.60. The molecule has 2 aliphatic rings. The van der Waals surface area contributed by atoms with Gasteiger partial charge in [0.2, 0.25) is 0 Å². The number of nitrogens with one attached hydrogen (secondary N) is 1. The topological polar surface area (TPSA) is 56.8 Å². The van der Waals surface area contributed by atoms with Gasteiger partial charge in [0.25, 0.3) is 11.7 Å². The maximum absolute atomic E-state index is 12.5. The second-order valence-electron chi connectivity index (χ2n) is 7.60. The molecule has 2 aromatic rings. The largest absolute Gasteiger partial charge is 0.448 e. The average Bonchev–Trinajstić information content (AvgIpc) is 3.04. The highest BCUT2D eigenvalue weighted by molar-refractivity contribution is 6.04. The summed E-state index contributed by atoms with van der Waals surface area (Å²) in [6.45, 7) is -1.48. The fourth-order valence-corrected chi connectivity index (χ4v) is 3.71. The van der Waals surface area contributed by atoms with E-state index in [0.717, 1.165) is 25.7 Å². The predicted octanol–water partition coefficient (Wildman–Crippen LogP) is 5.45. The number of halogens is 3. The normalized spacial score (nSPS) is 17.2. The number of alkyl halides is 3. The molecule has 0 bridgehead atoms. The predicted molar refractivity (Wildman–Crippen MR) is 104 cm³/mol. The molecule has 0 saturated heterocycles. The van der Waals surface area contributed by atoms with Gasteiger partial charge in [0.1, 0.15) is 6.61 Å². The molecule has 30 heavy (non-hydrogen) atoms. The van der Waals surface area contributed by atoms with E-state index >= 15 is 0 Å². The third kappa shape index (κ3) is 4.87. The molecule has 5 nitrogen and oxygen atoms in total. The molecular weight excluding hydrogens is 399 g/mol. The van der Waals surface area contributed by atoms with E-state index in [9.17, 15) is 18.0 Å². The SMILES string of the molecule is O=C(Nc1ccc2c(c1)OC1(CCCCC1)O2)c1ccc(COCC(F)(F)F)cc1. The van der Waals surface area contributed by atoms with Crippen LogP contribution in [0.4, 0.5) is 18.9 Å². The maximum atomic E-state index is 12.5. The summed E-state index contributed by atoms with van der Waals surface area (Å²) < 4.78 is 53.1. The smallest absolute Gasteiger partial charge is 0.411 e. The molecule has 160 valence electrons. The quantitative estimate of drug-likeness (QED) is 0.698. The lowest BCUT2D eigenvalue weighted by atomic mass is 9.94. The number of fused-ring (bicyclic) bond motifs is 1. The highest BCUT2D eigenvalue weighted by Crippen LogP contribution is 2.46. The van der Waals surface area contributed by atoms with Gasteiger partial charge in [-0.15, -0.1) is 0 Å². The number of benzene rings is 2. The van der Waals surface area contributed by atoms with Crippen molar-refractivity contribution in [1.82, 2.24) is 0 Å². The van der Waals surface area contributed by atoms with Crippen LogP contribution in [0.1, 0.15) is 48.0 Å². The van der Waals surface area contributed by atoms with Crippen LogP contribution >= 0.6 is 0 Å². The van der Waals surface area contributed by atoms with Crippen LogP contribution in [-0.2, 0) is 11.3 Å². The summed E-state index contributed by atoms with van der Waals surface area (Å²) in [7, 11) is 0. The third-order valence-electron chi connectivity index (χ3n) is 5.16. The molecule has 1 saturated carbocycles. The molecule has 0 atom stereocenters. The van der Waals surface area contributed by atoms with Crippen LogP contribution < -0.4 is 14.8 Å². The Labute approximate surface area is 172 Å². The van der Waals surface area contributed by atoms with Gasteiger partial charge in [-0.05, 0) is 42.7 Å². The Bertz CT molecular complexity index is 906. The second kappa shape index (κ2) is 8.18. The molecule has 0 unspecified atom stereocenters. The molecule has 4 rings (SSSR count). The van der Waals surface area contributed by atoms with Crippen LogP contribution in [-0.4, -0.2) is 24.5 Å². The minimum Gasteiger partial charge on any atom is -0.448 e. The van der Waals surface area contributed by atoms with Crippen molar-refractivity contribution in [1.29, 1.82) is 0 Å². The van der Waals surface area contributed by atoms with Crippen molar-refractivity contribution in [2.45, 2.75) is 50.7 Å². The number of amides is 1. The average molecular weight is 421 g/mol. The van der Waals surface area contributed by atoms with Crippen molar-refractivity contribution < 1.29 is 32.2 Å². The van der Waals surface area contributed by atoms with Gasteiger partial charge in [0, 0.05) is 30.2 Å². The number of hydrogen-bond donors (Lipinski definition) is 1. The minimum absolute atomic E-state index is 0.175. The van der Waals surface area contributed by atoms with E-state index < -0.39 is 18.6 Å². The monoisotopic (exact) mass is 421 g/mol. The first-order chi connectivity index (χ1) is 14.3. The summed E-state index contributed by atoms with van der Waals surface area (Å²) in [4.78, 5) is 12.5. The Kier molecular flexibility index (Phi) is 5.60. The molecule has 8 heteroatoms. The number of rotatable bonds is 5. The summed E-state index contributed by atoms with van der Waals surface area (Å²) >= 11 is 0. The number of anilines is 1. The Morgan fingerprint density at radius 3 is 2.40 bits per heavy atom. The maximum Gasteiger partial charge on any atom is 0.411 e. The van der Waals surface area contributed by atoms with Crippen molar-refractivity contribution in [3.63, 3.8) is 0 Å². The first-order valence-electron chi connectivity index (χ1n) is 9.89. The van der Waals surface area contributed by atoms with Crippen LogP contribution in [0.15, 0.2) is 42.5 Å². The third-order valence-corrected chi connectivity index (χ3v) is 5.16. The van der Waals surface area contributed by atoms with E-state index in [-0.39, 0.29) is 12.5 Å². The molecule has 1 aliphatic carbocycles. The van der Waals surface area contributed by atoms with Gasteiger partial charge in [-0.1, -0.05) is 18.6 Å². The fraction of sp³-hybridized carbons (Fsp3) is 0.409. The molecular formula is C22H22F3NO4. The van der Waals surface area contributed by atoms with Gasteiger partial charge < -0.3 is 19.5 Å². The van der Waals surface area contributed by atoms with Gasteiger partial charge in [-0.3, -0.25) is 4.79 Å². The van der Waals surface area contributed by atoms with E-state index in [0.29, 0.717) is 28.3 Å². The summed E-state index contributed by atoms with van der Waals surface area (Å²) in [5.74, 6) is 0.390. The Balaban J connectivity index is 1.35. The van der Waals surface area contributed by atoms with Gasteiger partial charge in [-0.2, -0.15) is 13.2 Å². The molecule has 1 spiro atoms. The summed E-state index contributed by atoms with van der Waals surface area (Å²) in [6.07, 6.45) is 0.648. The first-order valence-corrected chi connectivity index (χ1v) is 9.89. The van der Waals surface area contributed by atoms with Crippen LogP contribution in [0.2, 0.25) is 0 Å². The van der Waals surface area contributed by atoms with E-state index in [2.05, 4.69) is 10.1 Å². The lowest BCUT2D eigenvalue weighted by Gasteiger charge is -2.31. The summed E-state index contributed by atoms with van der Waals surface area (Å²) in [6, 6.07) is 11.5. The van der Waals surface area contributed by atoms with Crippen molar-refractivity contribution in [2.24, 2.45) is 0 Å². The van der Waals surface area contributed by atoms with Crippen LogP contribution in [0.25, 0.3) is 0 Å². The zero-order chi connectivity index (χ0) is 21.2. The van der Waals surface area contributed by atoms with Crippen molar-refractivity contribution in [3.8, 4) is 11.5 Å².